The summed E-state index contributed by atoms with van der Waals surface area (Å²) < 4.78 is 10.6. The molecule has 3 amide bonds. The van der Waals surface area contributed by atoms with Crippen LogP contribution in [0.1, 0.15) is 11.1 Å². The number of benzene rings is 2. The molecule has 0 aliphatic carbocycles. The van der Waals surface area contributed by atoms with Crippen molar-refractivity contribution in [1.29, 1.82) is 0 Å². The highest BCUT2D eigenvalue weighted by atomic mass is 32.2. The maximum absolute atomic E-state index is 12.6. The van der Waals surface area contributed by atoms with Crippen LogP contribution in [0.4, 0.5) is 10.5 Å². The molecule has 0 atom stereocenters. The van der Waals surface area contributed by atoms with Gasteiger partial charge in [-0.25, -0.2) is 0 Å². The summed E-state index contributed by atoms with van der Waals surface area (Å²) in [5.41, 5.74) is 2.25. The van der Waals surface area contributed by atoms with Crippen molar-refractivity contribution < 1.29 is 23.9 Å². The summed E-state index contributed by atoms with van der Waals surface area (Å²) in [4.78, 5) is 38.3. The number of rotatable bonds is 4. The van der Waals surface area contributed by atoms with Crippen molar-refractivity contribution in [2.45, 2.75) is 6.92 Å². The molecule has 2 aliphatic heterocycles. The summed E-state index contributed by atoms with van der Waals surface area (Å²) in [7, 11) is 0. The number of thioether (sulfide) groups is 1. The third-order valence-electron chi connectivity index (χ3n) is 4.29. The van der Waals surface area contributed by atoms with Crippen LogP contribution in [0.15, 0.2) is 47.4 Å². The number of carbonyl (C=O) groups excluding carboxylic acids is 3. The number of nitrogens with zero attached hydrogens (tertiary/aromatic N) is 1. The molecule has 2 aliphatic rings. The molecular formula is C20H16N2O5S. The summed E-state index contributed by atoms with van der Waals surface area (Å²) in [5.74, 6) is 0.303. The zero-order chi connectivity index (χ0) is 19.7. The molecular weight excluding hydrogens is 380 g/mol. The number of anilines is 1. The number of amides is 3. The van der Waals surface area contributed by atoms with Crippen LogP contribution in [0.3, 0.4) is 0 Å². The first-order valence-electron chi connectivity index (χ1n) is 8.52. The normalized spacial score (nSPS) is 16.8. The van der Waals surface area contributed by atoms with Crippen molar-refractivity contribution in [3.05, 3.63) is 58.5 Å². The monoisotopic (exact) mass is 396 g/mol. The number of imide groups is 1. The first-order chi connectivity index (χ1) is 13.5. The highest BCUT2D eigenvalue weighted by molar-refractivity contribution is 8.18. The smallest absolute Gasteiger partial charge is 0.294 e. The van der Waals surface area contributed by atoms with Gasteiger partial charge >= 0.3 is 0 Å². The lowest BCUT2D eigenvalue weighted by atomic mass is 10.2. The van der Waals surface area contributed by atoms with Gasteiger partial charge in [0.15, 0.2) is 11.5 Å². The summed E-state index contributed by atoms with van der Waals surface area (Å²) in [5, 5.41) is 2.25. The second kappa shape index (κ2) is 7.40. The minimum absolute atomic E-state index is 0.158. The quantitative estimate of drug-likeness (QED) is 0.798. The van der Waals surface area contributed by atoms with Gasteiger partial charge in [-0.1, -0.05) is 24.3 Å². The molecule has 1 fully saturated rings. The van der Waals surface area contributed by atoms with Gasteiger partial charge in [0.1, 0.15) is 6.54 Å². The maximum Gasteiger partial charge on any atom is 0.294 e. The first-order valence-corrected chi connectivity index (χ1v) is 9.33. The van der Waals surface area contributed by atoms with E-state index >= 15 is 0 Å². The number of aryl methyl sites for hydroxylation is 1. The molecule has 1 N–H and O–H groups in total. The standard InChI is InChI=1S/C20H16N2O5S/c1-12-4-2-3-5-14(12)21-18(23)10-22-19(24)17(28-20(22)25)9-13-6-7-15-16(8-13)27-11-26-15/h2-9H,10-11H2,1H3,(H,21,23)/b17-9+. The van der Waals surface area contributed by atoms with Crippen molar-refractivity contribution >= 4 is 40.6 Å². The largest absolute Gasteiger partial charge is 0.454 e. The van der Waals surface area contributed by atoms with Gasteiger partial charge in [-0.3, -0.25) is 19.3 Å². The van der Waals surface area contributed by atoms with Crippen LogP contribution in [0.2, 0.25) is 0 Å². The van der Waals surface area contributed by atoms with Crippen LogP contribution in [-0.4, -0.2) is 35.3 Å². The zero-order valence-corrected chi connectivity index (χ0v) is 15.7. The van der Waals surface area contributed by atoms with E-state index in [0.717, 1.165) is 22.2 Å². The van der Waals surface area contributed by atoms with Gasteiger partial charge in [0.05, 0.1) is 4.91 Å². The summed E-state index contributed by atoms with van der Waals surface area (Å²) >= 11 is 0.808. The Morgan fingerprint density at radius 1 is 1.18 bits per heavy atom. The van der Waals surface area contributed by atoms with E-state index < -0.39 is 17.1 Å². The van der Waals surface area contributed by atoms with Gasteiger partial charge < -0.3 is 14.8 Å². The van der Waals surface area contributed by atoms with Crippen molar-refractivity contribution in [2.75, 3.05) is 18.7 Å². The number of ether oxygens (including phenoxy) is 2. The summed E-state index contributed by atoms with van der Waals surface area (Å²) in [6.45, 7) is 1.69. The molecule has 2 heterocycles. The lowest BCUT2D eigenvalue weighted by molar-refractivity contribution is -0.127. The summed E-state index contributed by atoms with van der Waals surface area (Å²) in [6, 6.07) is 12.5. The topological polar surface area (TPSA) is 84.9 Å². The Morgan fingerprint density at radius 2 is 1.96 bits per heavy atom. The average Bonchev–Trinajstić information content (AvgIpc) is 3.23. The van der Waals surface area contributed by atoms with Gasteiger partial charge in [-0.2, -0.15) is 0 Å². The van der Waals surface area contributed by atoms with Crippen LogP contribution in [-0.2, 0) is 9.59 Å². The van der Waals surface area contributed by atoms with E-state index in [0.29, 0.717) is 22.7 Å². The van der Waals surface area contributed by atoms with Crippen LogP contribution < -0.4 is 14.8 Å². The van der Waals surface area contributed by atoms with E-state index in [9.17, 15) is 14.4 Å². The van der Waals surface area contributed by atoms with Crippen molar-refractivity contribution in [3.63, 3.8) is 0 Å². The molecule has 8 heteroatoms. The van der Waals surface area contributed by atoms with Gasteiger partial charge in [-0.05, 0) is 54.1 Å². The molecule has 0 unspecified atom stereocenters. The Hall–Kier alpha value is -3.26. The third kappa shape index (κ3) is 3.59. The Balaban J connectivity index is 1.46. The molecule has 0 spiro atoms. The molecule has 0 bridgehead atoms. The van der Waals surface area contributed by atoms with Gasteiger partial charge in [-0.15, -0.1) is 0 Å². The maximum atomic E-state index is 12.6. The Kier molecular flexibility index (Phi) is 4.79. The van der Waals surface area contributed by atoms with E-state index in [1.807, 2.05) is 19.1 Å². The van der Waals surface area contributed by atoms with E-state index in [2.05, 4.69) is 5.32 Å². The molecule has 142 valence electrons. The average molecular weight is 396 g/mol. The van der Waals surface area contributed by atoms with E-state index in [4.69, 9.17) is 9.47 Å². The van der Waals surface area contributed by atoms with Crippen LogP contribution in [0.25, 0.3) is 6.08 Å². The SMILES string of the molecule is Cc1ccccc1NC(=O)CN1C(=O)S/C(=C/c2ccc3c(c2)OCO3)C1=O. The van der Waals surface area contributed by atoms with E-state index in [1.165, 1.54) is 0 Å². The second-order valence-corrected chi connectivity index (χ2v) is 7.24. The zero-order valence-electron chi connectivity index (χ0n) is 14.9. The van der Waals surface area contributed by atoms with Crippen LogP contribution >= 0.6 is 11.8 Å². The van der Waals surface area contributed by atoms with Gasteiger partial charge in [0, 0.05) is 5.69 Å². The fourth-order valence-corrected chi connectivity index (χ4v) is 3.68. The third-order valence-corrected chi connectivity index (χ3v) is 5.20. The van der Waals surface area contributed by atoms with Crippen LogP contribution in [0.5, 0.6) is 11.5 Å². The number of hydrogen-bond donors (Lipinski definition) is 1. The molecule has 4 rings (SSSR count). The first kappa shape index (κ1) is 18.1. The molecule has 0 radical (unpaired) electrons. The number of nitrogens with one attached hydrogen (secondary N) is 1. The molecule has 1 saturated heterocycles. The molecule has 0 aromatic heterocycles. The predicted octanol–water partition coefficient (Wildman–Crippen LogP) is 3.40. The van der Waals surface area contributed by atoms with Crippen LogP contribution in [0, 0.1) is 6.92 Å². The van der Waals surface area contributed by atoms with E-state index in [1.54, 1.807) is 36.4 Å². The lowest BCUT2D eigenvalue weighted by Gasteiger charge is -2.13. The molecule has 0 saturated carbocycles. The highest BCUT2D eigenvalue weighted by Crippen LogP contribution is 2.36. The molecule has 2 aromatic rings. The predicted molar refractivity (Wildman–Crippen MR) is 105 cm³/mol. The number of carbonyl (C=O) groups is 3. The van der Waals surface area contributed by atoms with Gasteiger partial charge in [0.2, 0.25) is 12.7 Å². The molecule has 7 nitrogen and oxygen atoms in total. The minimum atomic E-state index is -0.493. The number of hydrogen-bond acceptors (Lipinski definition) is 6. The fraction of sp³-hybridized carbons (Fsp3) is 0.150. The second-order valence-electron chi connectivity index (χ2n) is 6.24. The van der Waals surface area contributed by atoms with Crippen molar-refractivity contribution in [1.82, 2.24) is 4.90 Å². The van der Waals surface area contributed by atoms with Gasteiger partial charge in [0.25, 0.3) is 11.1 Å². The van der Waals surface area contributed by atoms with Crippen molar-refractivity contribution in [2.24, 2.45) is 0 Å². The minimum Gasteiger partial charge on any atom is -0.454 e. The highest BCUT2D eigenvalue weighted by Gasteiger charge is 2.36. The lowest BCUT2D eigenvalue weighted by Crippen LogP contribution is -2.36. The van der Waals surface area contributed by atoms with Crippen molar-refractivity contribution in [3.8, 4) is 11.5 Å². The number of para-hydroxylation sites is 1. The molecule has 28 heavy (non-hydrogen) atoms. The van der Waals surface area contributed by atoms with E-state index in [-0.39, 0.29) is 18.2 Å². The fourth-order valence-electron chi connectivity index (χ4n) is 2.84. The Bertz CT molecular complexity index is 1020. The Labute approximate surface area is 165 Å². The Morgan fingerprint density at radius 3 is 2.79 bits per heavy atom. The molecule has 2 aromatic carbocycles. The number of fused-ring (bicyclic) bond motifs is 1. The summed E-state index contributed by atoms with van der Waals surface area (Å²) in [6.07, 6.45) is 1.60.